The number of hydrogen-bond donors (Lipinski definition) is 0. The number of rotatable bonds is 3. The van der Waals surface area contributed by atoms with E-state index in [9.17, 15) is 14.4 Å². The van der Waals surface area contributed by atoms with Crippen LogP contribution in [0.3, 0.4) is 0 Å². The summed E-state index contributed by atoms with van der Waals surface area (Å²) >= 11 is 0. The summed E-state index contributed by atoms with van der Waals surface area (Å²) in [7, 11) is 0. The van der Waals surface area contributed by atoms with Crippen molar-refractivity contribution in [2.24, 2.45) is 0 Å². The lowest BCUT2D eigenvalue weighted by Crippen LogP contribution is -2.38. The molecule has 2 aliphatic rings. The van der Waals surface area contributed by atoms with E-state index in [1.807, 2.05) is 6.07 Å². The Kier molecular flexibility index (Phi) is 3.69. The Bertz CT molecular complexity index is 853. The first kappa shape index (κ1) is 15.3. The molecule has 1 aliphatic carbocycles. The van der Waals surface area contributed by atoms with Crippen molar-refractivity contribution < 1.29 is 19.1 Å². The van der Waals surface area contributed by atoms with Crippen LogP contribution in [0, 0.1) is 0 Å². The van der Waals surface area contributed by atoms with Crippen LogP contribution in [0.1, 0.15) is 37.5 Å². The highest BCUT2D eigenvalue weighted by Gasteiger charge is 2.41. The minimum absolute atomic E-state index is 0.301. The Hall–Kier alpha value is -3.21. The van der Waals surface area contributed by atoms with Crippen LogP contribution in [0.2, 0.25) is 0 Å². The Balaban J connectivity index is 1.46. The normalized spacial score (nSPS) is 21.5. The van der Waals surface area contributed by atoms with Gasteiger partial charge in [0.15, 0.2) is 0 Å². The summed E-state index contributed by atoms with van der Waals surface area (Å²) in [6.45, 7) is 0. The van der Waals surface area contributed by atoms with E-state index in [4.69, 9.17) is 4.74 Å². The smallest absolute Gasteiger partial charge is 0.338 e. The third-order valence-electron chi connectivity index (χ3n) is 4.45. The highest BCUT2D eigenvalue weighted by atomic mass is 16.5. The van der Waals surface area contributed by atoms with Gasteiger partial charge in [0.25, 0.3) is 11.8 Å². The first-order valence-electron chi connectivity index (χ1n) is 8.06. The summed E-state index contributed by atoms with van der Waals surface area (Å²) < 4.78 is 5.46. The van der Waals surface area contributed by atoms with E-state index in [0.717, 1.165) is 0 Å². The first-order valence-corrected chi connectivity index (χ1v) is 8.06. The largest absolute Gasteiger partial charge is 0.454 e. The highest BCUT2D eigenvalue weighted by molar-refractivity contribution is 6.21. The second-order valence-corrected chi connectivity index (χ2v) is 6.02. The molecule has 0 unspecified atom stereocenters. The van der Waals surface area contributed by atoms with Crippen LogP contribution in [0.15, 0.2) is 66.7 Å². The number of nitrogens with zero attached hydrogens (tertiary/aromatic N) is 1. The Morgan fingerprint density at radius 3 is 2.12 bits per heavy atom. The highest BCUT2D eigenvalue weighted by Crippen LogP contribution is 2.29. The molecule has 0 bridgehead atoms. The van der Waals surface area contributed by atoms with Gasteiger partial charge >= 0.3 is 5.97 Å². The van der Waals surface area contributed by atoms with E-state index < -0.39 is 18.1 Å². The molecule has 0 aromatic heterocycles. The van der Waals surface area contributed by atoms with Gasteiger partial charge in [0.1, 0.15) is 6.10 Å². The molecule has 4 rings (SSSR count). The molecule has 124 valence electrons. The van der Waals surface area contributed by atoms with Crippen molar-refractivity contribution in [2.45, 2.75) is 18.6 Å². The summed E-state index contributed by atoms with van der Waals surface area (Å²) in [4.78, 5) is 38.4. The van der Waals surface area contributed by atoms with Gasteiger partial charge in [0.05, 0.1) is 22.7 Å². The van der Waals surface area contributed by atoms with Crippen molar-refractivity contribution in [3.63, 3.8) is 0 Å². The number of imide groups is 1. The lowest BCUT2D eigenvalue weighted by atomic mass is 10.1. The number of benzene rings is 2. The number of hydrogen-bond acceptors (Lipinski definition) is 4. The molecule has 5 heteroatoms. The molecule has 2 aromatic rings. The molecule has 0 saturated carbocycles. The first-order chi connectivity index (χ1) is 12.1. The average molecular weight is 333 g/mol. The molecular formula is C20H15NO4. The zero-order valence-corrected chi connectivity index (χ0v) is 13.3. The fourth-order valence-electron chi connectivity index (χ4n) is 3.22. The van der Waals surface area contributed by atoms with Gasteiger partial charge < -0.3 is 4.74 Å². The van der Waals surface area contributed by atoms with Gasteiger partial charge in [0, 0.05) is 6.42 Å². The van der Waals surface area contributed by atoms with Gasteiger partial charge in [-0.05, 0) is 30.3 Å². The van der Waals surface area contributed by atoms with Crippen LogP contribution in [-0.4, -0.2) is 34.8 Å². The Morgan fingerprint density at radius 2 is 1.48 bits per heavy atom. The second kappa shape index (κ2) is 6.02. The fourth-order valence-corrected chi connectivity index (χ4v) is 3.22. The third-order valence-corrected chi connectivity index (χ3v) is 4.45. The number of amides is 2. The molecule has 25 heavy (non-hydrogen) atoms. The van der Waals surface area contributed by atoms with Gasteiger partial charge in [0.2, 0.25) is 0 Å². The topological polar surface area (TPSA) is 63.7 Å². The monoisotopic (exact) mass is 333 g/mol. The van der Waals surface area contributed by atoms with E-state index in [2.05, 4.69) is 0 Å². The van der Waals surface area contributed by atoms with E-state index in [-0.39, 0.29) is 11.8 Å². The van der Waals surface area contributed by atoms with Gasteiger partial charge in [-0.25, -0.2) is 4.79 Å². The number of esters is 1. The van der Waals surface area contributed by atoms with Gasteiger partial charge in [-0.3, -0.25) is 14.5 Å². The van der Waals surface area contributed by atoms with Crippen LogP contribution in [0.4, 0.5) is 0 Å². The van der Waals surface area contributed by atoms with Crippen LogP contribution < -0.4 is 0 Å². The van der Waals surface area contributed by atoms with Crippen LogP contribution in [-0.2, 0) is 4.74 Å². The molecule has 1 heterocycles. The molecule has 2 atom stereocenters. The second-order valence-electron chi connectivity index (χ2n) is 6.02. The standard InChI is InChI=1S/C20H15NO4/c22-18-16-8-4-5-9-17(16)19(23)21(18)14-10-11-15(12-14)25-20(24)13-6-2-1-3-7-13/h1-11,14-15H,12H2/t14-,15+/m0/s1. The Labute approximate surface area is 144 Å². The predicted octanol–water partition coefficient (Wildman–Crippen LogP) is 2.84. The maximum Gasteiger partial charge on any atom is 0.338 e. The quantitative estimate of drug-likeness (QED) is 0.492. The molecule has 5 nitrogen and oxygen atoms in total. The van der Waals surface area contributed by atoms with E-state index in [1.165, 1.54) is 4.90 Å². The summed E-state index contributed by atoms with van der Waals surface area (Å²) in [6.07, 6.45) is 3.41. The van der Waals surface area contributed by atoms with Gasteiger partial charge in [-0.1, -0.05) is 36.4 Å². The third kappa shape index (κ3) is 2.63. The Morgan fingerprint density at radius 1 is 0.880 bits per heavy atom. The SMILES string of the molecule is O=C(O[C@@H]1C=C[C@H](N2C(=O)c3ccccc3C2=O)C1)c1ccccc1. The number of fused-ring (bicyclic) bond motifs is 1. The van der Waals surface area contributed by atoms with Crippen molar-refractivity contribution in [3.05, 3.63) is 83.4 Å². The van der Waals surface area contributed by atoms with Crippen LogP contribution in [0.5, 0.6) is 0 Å². The minimum atomic E-state index is -0.456. The average Bonchev–Trinajstić information content (AvgIpc) is 3.19. The van der Waals surface area contributed by atoms with Crippen molar-refractivity contribution in [2.75, 3.05) is 0 Å². The molecule has 0 N–H and O–H groups in total. The van der Waals surface area contributed by atoms with E-state index >= 15 is 0 Å². The van der Waals surface area contributed by atoms with Crippen molar-refractivity contribution in [3.8, 4) is 0 Å². The molecule has 0 spiro atoms. The van der Waals surface area contributed by atoms with Gasteiger partial charge in [-0.2, -0.15) is 0 Å². The zero-order chi connectivity index (χ0) is 17.4. The van der Waals surface area contributed by atoms with Crippen molar-refractivity contribution >= 4 is 17.8 Å². The summed E-state index contributed by atoms with van der Waals surface area (Å²) in [5.74, 6) is -1.02. The van der Waals surface area contributed by atoms with E-state index in [1.54, 1.807) is 60.7 Å². The summed E-state index contributed by atoms with van der Waals surface area (Å²) in [5.41, 5.74) is 1.32. The van der Waals surface area contributed by atoms with Crippen molar-refractivity contribution in [1.29, 1.82) is 0 Å². The van der Waals surface area contributed by atoms with Crippen molar-refractivity contribution in [1.82, 2.24) is 4.90 Å². The number of ether oxygens (including phenoxy) is 1. The summed E-state index contributed by atoms with van der Waals surface area (Å²) in [5, 5.41) is 0. The molecule has 2 amide bonds. The minimum Gasteiger partial charge on any atom is -0.454 e. The molecule has 0 radical (unpaired) electrons. The van der Waals surface area contributed by atoms with Crippen LogP contribution >= 0.6 is 0 Å². The predicted molar refractivity (Wildman–Crippen MR) is 90.1 cm³/mol. The number of carbonyl (C=O) groups excluding carboxylic acids is 3. The lowest BCUT2D eigenvalue weighted by Gasteiger charge is -2.21. The fraction of sp³-hybridized carbons (Fsp3) is 0.150. The molecule has 0 saturated heterocycles. The maximum atomic E-state index is 12.5. The van der Waals surface area contributed by atoms with E-state index in [0.29, 0.717) is 23.1 Å². The molecule has 1 aliphatic heterocycles. The molecule has 2 aromatic carbocycles. The maximum absolute atomic E-state index is 12.5. The summed E-state index contributed by atoms with van der Waals surface area (Å²) in [6, 6.07) is 15.1. The van der Waals surface area contributed by atoms with Gasteiger partial charge in [-0.15, -0.1) is 0 Å². The molecular weight excluding hydrogens is 318 g/mol. The van der Waals surface area contributed by atoms with Crippen LogP contribution in [0.25, 0.3) is 0 Å². The molecule has 0 fully saturated rings. The lowest BCUT2D eigenvalue weighted by molar-refractivity contribution is 0.0361. The number of carbonyl (C=O) groups is 3. The zero-order valence-electron chi connectivity index (χ0n) is 13.3.